The summed E-state index contributed by atoms with van der Waals surface area (Å²) in [5, 5.41) is 0.751. The SMILES string of the molecule is C=CCCC1CCC(C2CCC(c3ccc(C#Cc4ccc(Cl)cc4)cc3)CC2)CC1. The molecule has 0 saturated heterocycles. The Bertz CT molecular complexity index is 880. The third-order valence-electron chi connectivity index (χ3n) is 7.69. The topological polar surface area (TPSA) is 0 Å². The van der Waals surface area contributed by atoms with Crippen LogP contribution < -0.4 is 0 Å². The number of benzene rings is 2. The highest BCUT2D eigenvalue weighted by molar-refractivity contribution is 6.30. The molecule has 2 aromatic carbocycles. The second-order valence-electron chi connectivity index (χ2n) is 9.64. The van der Waals surface area contributed by atoms with E-state index in [-0.39, 0.29) is 0 Å². The molecule has 2 saturated carbocycles. The Kier molecular flexibility index (Phi) is 7.93. The van der Waals surface area contributed by atoms with Crippen LogP contribution in [0.5, 0.6) is 0 Å². The van der Waals surface area contributed by atoms with Gasteiger partial charge in [0.05, 0.1) is 0 Å². The maximum Gasteiger partial charge on any atom is 0.0406 e. The average molecular weight is 431 g/mol. The summed E-state index contributed by atoms with van der Waals surface area (Å²) >= 11 is 5.94. The summed E-state index contributed by atoms with van der Waals surface area (Å²) in [5.74, 6) is 10.2. The van der Waals surface area contributed by atoms with Gasteiger partial charge >= 0.3 is 0 Å². The van der Waals surface area contributed by atoms with Gasteiger partial charge in [-0.05, 0) is 117 Å². The molecule has 0 N–H and O–H groups in total. The molecule has 0 radical (unpaired) electrons. The molecule has 4 rings (SSSR count). The molecule has 2 aliphatic carbocycles. The minimum Gasteiger partial charge on any atom is -0.103 e. The molecule has 2 fully saturated rings. The molecule has 31 heavy (non-hydrogen) atoms. The molecule has 2 aliphatic rings. The lowest BCUT2D eigenvalue weighted by Crippen LogP contribution is -2.25. The average Bonchev–Trinajstić information content (AvgIpc) is 2.83. The molecular weight excluding hydrogens is 396 g/mol. The summed E-state index contributed by atoms with van der Waals surface area (Å²) in [7, 11) is 0. The van der Waals surface area contributed by atoms with Crippen LogP contribution in [-0.2, 0) is 0 Å². The van der Waals surface area contributed by atoms with E-state index in [4.69, 9.17) is 11.6 Å². The summed E-state index contributed by atoms with van der Waals surface area (Å²) in [4.78, 5) is 0. The van der Waals surface area contributed by atoms with Crippen molar-refractivity contribution < 1.29 is 0 Å². The Balaban J connectivity index is 1.26. The number of hydrogen-bond acceptors (Lipinski definition) is 0. The first-order valence-corrected chi connectivity index (χ1v) is 12.6. The fraction of sp³-hybridized carbons (Fsp3) is 0.467. The maximum atomic E-state index is 5.94. The molecule has 1 heteroatoms. The Morgan fingerprint density at radius 2 is 1.26 bits per heavy atom. The van der Waals surface area contributed by atoms with Gasteiger partial charge in [0, 0.05) is 16.1 Å². The highest BCUT2D eigenvalue weighted by Gasteiger charge is 2.31. The first-order valence-electron chi connectivity index (χ1n) is 12.2. The number of rotatable bonds is 5. The molecule has 162 valence electrons. The van der Waals surface area contributed by atoms with Crippen LogP contribution in [-0.4, -0.2) is 0 Å². The second kappa shape index (κ2) is 11.1. The van der Waals surface area contributed by atoms with Gasteiger partial charge in [0.25, 0.3) is 0 Å². The molecule has 2 aromatic rings. The van der Waals surface area contributed by atoms with Crippen LogP contribution in [0.3, 0.4) is 0 Å². The van der Waals surface area contributed by atoms with Crippen molar-refractivity contribution in [3.8, 4) is 11.8 Å². The van der Waals surface area contributed by atoms with Crippen LogP contribution in [0.1, 0.15) is 86.8 Å². The first kappa shape index (κ1) is 22.2. The zero-order chi connectivity index (χ0) is 21.5. The Hall–Kier alpha value is -1.97. The standard InChI is InChI=1S/C30H35Cl/c1-2-3-4-23-7-13-26(14-8-23)28-17-19-29(20-18-28)27-15-9-24(10-16-27)5-6-25-11-21-30(31)22-12-25/h2,9-12,15-16,21-23,26,28-29H,1,3-4,7-8,13-14,17-20H2. The minimum absolute atomic E-state index is 0.735. The Labute approximate surface area is 194 Å². The third-order valence-corrected chi connectivity index (χ3v) is 7.94. The van der Waals surface area contributed by atoms with Crippen molar-refractivity contribution in [3.63, 3.8) is 0 Å². The van der Waals surface area contributed by atoms with Crippen molar-refractivity contribution in [3.05, 3.63) is 82.9 Å². The van der Waals surface area contributed by atoms with E-state index < -0.39 is 0 Å². The highest BCUT2D eigenvalue weighted by Crippen LogP contribution is 2.44. The quantitative estimate of drug-likeness (QED) is 0.328. The summed E-state index contributed by atoms with van der Waals surface area (Å²) in [5.41, 5.74) is 3.59. The monoisotopic (exact) mass is 430 g/mol. The van der Waals surface area contributed by atoms with Gasteiger partial charge in [0.15, 0.2) is 0 Å². The molecule has 0 heterocycles. The normalized spacial score (nSPS) is 26.0. The highest BCUT2D eigenvalue weighted by atomic mass is 35.5. The van der Waals surface area contributed by atoms with Crippen LogP contribution in [0.4, 0.5) is 0 Å². The van der Waals surface area contributed by atoms with Gasteiger partial charge in [-0.1, -0.05) is 54.5 Å². The molecule has 0 spiro atoms. The largest absolute Gasteiger partial charge is 0.103 e. The van der Waals surface area contributed by atoms with Gasteiger partial charge in [0.2, 0.25) is 0 Å². The van der Waals surface area contributed by atoms with E-state index in [1.807, 2.05) is 24.3 Å². The van der Waals surface area contributed by atoms with Gasteiger partial charge in [-0.25, -0.2) is 0 Å². The summed E-state index contributed by atoms with van der Waals surface area (Å²) < 4.78 is 0. The minimum atomic E-state index is 0.735. The fourth-order valence-corrected chi connectivity index (χ4v) is 5.87. The molecule has 0 aliphatic heterocycles. The fourth-order valence-electron chi connectivity index (χ4n) is 5.74. The van der Waals surface area contributed by atoms with E-state index in [0.717, 1.165) is 39.8 Å². The molecular formula is C30H35Cl. The van der Waals surface area contributed by atoms with Crippen LogP contribution in [0, 0.1) is 29.6 Å². The third kappa shape index (κ3) is 6.27. The summed E-state index contributed by atoms with van der Waals surface area (Å²) in [6, 6.07) is 16.7. The van der Waals surface area contributed by atoms with Crippen LogP contribution >= 0.6 is 11.6 Å². The van der Waals surface area contributed by atoms with Crippen molar-refractivity contribution in [2.24, 2.45) is 17.8 Å². The number of hydrogen-bond donors (Lipinski definition) is 0. The zero-order valence-electron chi connectivity index (χ0n) is 18.7. The smallest absolute Gasteiger partial charge is 0.0406 e. The lowest BCUT2D eigenvalue weighted by atomic mass is 9.68. The van der Waals surface area contributed by atoms with E-state index in [1.54, 1.807) is 0 Å². The van der Waals surface area contributed by atoms with E-state index in [2.05, 4.69) is 48.8 Å². The van der Waals surface area contributed by atoms with Crippen molar-refractivity contribution in [1.82, 2.24) is 0 Å². The number of halogens is 1. The van der Waals surface area contributed by atoms with E-state index >= 15 is 0 Å². The van der Waals surface area contributed by atoms with E-state index in [1.165, 1.54) is 69.8 Å². The van der Waals surface area contributed by atoms with Crippen molar-refractivity contribution in [2.75, 3.05) is 0 Å². The van der Waals surface area contributed by atoms with Gasteiger partial charge in [-0.3, -0.25) is 0 Å². The molecule has 0 amide bonds. The van der Waals surface area contributed by atoms with Gasteiger partial charge in [-0.2, -0.15) is 0 Å². The van der Waals surface area contributed by atoms with Gasteiger partial charge in [-0.15, -0.1) is 6.58 Å². The van der Waals surface area contributed by atoms with Crippen LogP contribution in [0.25, 0.3) is 0 Å². The lowest BCUT2D eigenvalue weighted by Gasteiger charge is -2.38. The van der Waals surface area contributed by atoms with Crippen molar-refractivity contribution in [1.29, 1.82) is 0 Å². The molecule has 0 bridgehead atoms. The molecule has 0 nitrogen and oxygen atoms in total. The summed E-state index contributed by atoms with van der Waals surface area (Å²) in [6.07, 6.45) is 16.1. The first-order chi connectivity index (χ1) is 15.2. The maximum absolute atomic E-state index is 5.94. The van der Waals surface area contributed by atoms with Crippen molar-refractivity contribution in [2.45, 2.75) is 70.1 Å². The molecule has 0 atom stereocenters. The van der Waals surface area contributed by atoms with Crippen LogP contribution in [0.2, 0.25) is 5.02 Å². The van der Waals surface area contributed by atoms with Gasteiger partial charge in [0.1, 0.15) is 0 Å². The van der Waals surface area contributed by atoms with Crippen molar-refractivity contribution >= 4 is 11.6 Å². The number of allylic oxidation sites excluding steroid dienone is 1. The Morgan fingerprint density at radius 3 is 1.81 bits per heavy atom. The predicted octanol–water partition coefficient (Wildman–Crippen LogP) is 8.79. The molecule has 0 unspecified atom stereocenters. The second-order valence-corrected chi connectivity index (χ2v) is 10.1. The molecule has 0 aromatic heterocycles. The zero-order valence-corrected chi connectivity index (χ0v) is 19.4. The van der Waals surface area contributed by atoms with Crippen LogP contribution in [0.15, 0.2) is 61.2 Å². The summed E-state index contributed by atoms with van der Waals surface area (Å²) in [6.45, 7) is 3.88. The Morgan fingerprint density at radius 1 is 0.742 bits per heavy atom. The van der Waals surface area contributed by atoms with Gasteiger partial charge < -0.3 is 0 Å². The lowest BCUT2D eigenvalue weighted by molar-refractivity contribution is 0.157. The van der Waals surface area contributed by atoms with E-state index in [9.17, 15) is 0 Å². The van der Waals surface area contributed by atoms with E-state index in [0.29, 0.717) is 0 Å². The predicted molar refractivity (Wildman–Crippen MR) is 133 cm³/mol.